The van der Waals surface area contributed by atoms with Gasteiger partial charge in [0, 0.05) is 6.42 Å². The van der Waals surface area contributed by atoms with Crippen LogP contribution in [0, 0.1) is 0 Å². The number of rotatable bonds is 9. The number of amides is 1. The largest absolute Gasteiger partial charge is 0.480 e. The molecule has 0 saturated heterocycles. The van der Waals surface area contributed by atoms with Crippen LogP contribution in [0.15, 0.2) is 0 Å². The molecule has 0 radical (unpaired) electrons. The summed E-state index contributed by atoms with van der Waals surface area (Å²) < 4.78 is 0. The first kappa shape index (κ1) is 24.6. The van der Waals surface area contributed by atoms with Crippen molar-refractivity contribution in [2.24, 2.45) is 22.9 Å². The molecule has 10 heteroatoms. The Labute approximate surface area is 129 Å². The molecule has 0 aromatic heterocycles. The zero-order valence-corrected chi connectivity index (χ0v) is 12.6. The summed E-state index contributed by atoms with van der Waals surface area (Å²) in [6.07, 6.45) is 2.29. The van der Waals surface area contributed by atoms with Gasteiger partial charge in [0.25, 0.3) is 0 Å². The molecular formula is C11H25ClN4O5. The summed E-state index contributed by atoms with van der Waals surface area (Å²) in [6.45, 7) is 0.604. The summed E-state index contributed by atoms with van der Waals surface area (Å²) in [7, 11) is 0. The number of primary amides is 1. The van der Waals surface area contributed by atoms with Crippen LogP contribution in [0.4, 0.5) is 0 Å². The molecule has 2 atom stereocenters. The predicted octanol–water partition coefficient (Wildman–Crippen LogP) is -1.39. The second-order valence-electron chi connectivity index (χ2n) is 4.18. The molecule has 0 saturated carbocycles. The fraction of sp³-hybridized carbons (Fsp3) is 0.727. The number of hydrogen-bond donors (Lipinski definition) is 6. The van der Waals surface area contributed by atoms with Crippen molar-refractivity contribution in [1.29, 1.82) is 0 Å². The van der Waals surface area contributed by atoms with E-state index in [0.29, 0.717) is 13.0 Å². The number of carbonyl (C=O) groups excluding carboxylic acids is 1. The minimum atomic E-state index is -1.11. The van der Waals surface area contributed by atoms with Gasteiger partial charge in [-0.1, -0.05) is 6.42 Å². The zero-order valence-electron chi connectivity index (χ0n) is 11.7. The van der Waals surface area contributed by atoms with Gasteiger partial charge in [-0.15, -0.1) is 12.4 Å². The number of aliphatic carboxylic acids is 2. The average Bonchev–Trinajstić information content (AvgIpc) is 2.36. The highest BCUT2D eigenvalue weighted by atomic mass is 35.5. The smallest absolute Gasteiger partial charge is 0.320 e. The Balaban J connectivity index is -0.000000295. The molecule has 0 spiro atoms. The van der Waals surface area contributed by atoms with Crippen LogP contribution < -0.4 is 22.9 Å². The molecule has 0 aromatic carbocycles. The number of nitrogens with two attached hydrogens (primary N) is 4. The number of hydrogen-bond acceptors (Lipinski definition) is 6. The molecule has 0 fully saturated rings. The minimum absolute atomic E-state index is 0. The Morgan fingerprint density at radius 3 is 1.67 bits per heavy atom. The lowest BCUT2D eigenvalue weighted by atomic mass is 10.1. The molecule has 0 unspecified atom stereocenters. The van der Waals surface area contributed by atoms with Gasteiger partial charge in [-0.3, -0.25) is 14.4 Å². The molecule has 0 aliphatic carbocycles. The third kappa shape index (κ3) is 18.6. The van der Waals surface area contributed by atoms with E-state index in [1.807, 2.05) is 0 Å². The molecule has 9 nitrogen and oxygen atoms in total. The van der Waals surface area contributed by atoms with E-state index in [2.05, 4.69) is 0 Å². The quantitative estimate of drug-likeness (QED) is 0.278. The summed E-state index contributed by atoms with van der Waals surface area (Å²) in [5.41, 5.74) is 20.2. The third-order valence-corrected chi connectivity index (χ3v) is 2.31. The maximum atomic E-state index is 10.1. The Morgan fingerprint density at radius 2 is 1.33 bits per heavy atom. The van der Waals surface area contributed by atoms with E-state index in [-0.39, 0.29) is 25.2 Å². The van der Waals surface area contributed by atoms with Crippen LogP contribution in [0.3, 0.4) is 0 Å². The highest BCUT2D eigenvalue weighted by Crippen LogP contribution is 1.97. The fourth-order valence-electron chi connectivity index (χ4n) is 1.05. The van der Waals surface area contributed by atoms with Gasteiger partial charge in [0.2, 0.25) is 5.91 Å². The number of carbonyl (C=O) groups is 3. The lowest BCUT2D eigenvalue weighted by Crippen LogP contribution is -2.31. The van der Waals surface area contributed by atoms with Gasteiger partial charge < -0.3 is 33.1 Å². The molecular weight excluding hydrogens is 304 g/mol. The molecule has 0 aromatic rings. The van der Waals surface area contributed by atoms with E-state index in [4.69, 9.17) is 33.1 Å². The topological polar surface area (TPSA) is 196 Å². The number of unbranched alkanes of at least 4 members (excludes halogenated alkanes) is 1. The lowest BCUT2D eigenvalue weighted by molar-refractivity contribution is -0.139. The molecule has 21 heavy (non-hydrogen) atoms. The Morgan fingerprint density at radius 1 is 0.905 bits per heavy atom. The summed E-state index contributed by atoms with van der Waals surface area (Å²) in [6, 6.07) is -1.70. The van der Waals surface area contributed by atoms with Crippen molar-refractivity contribution in [3.05, 3.63) is 0 Å². The number of carboxylic acid groups (broad SMARTS) is 2. The average molecular weight is 329 g/mol. The second-order valence-corrected chi connectivity index (χ2v) is 4.18. The Bertz CT molecular complexity index is 317. The zero-order chi connectivity index (χ0) is 16.1. The molecule has 0 heterocycles. The summed E-state index contributed by atoms with van der Waals surface area (Å²) in [4.78, 5) is 30.3. The van der Waals surface area contributed by atoms with Crippen molar-refractivity contribution in [2.75, 3.05) is 6.54 Å². The fourth-order valence-corrected chi connectivity index (χ4v) is 1.05. The van der Waals surface area contributed by atoms with Gasteiger partial charge in [0.05, 0.1) is 0 Å². The highest BCUT2D eigenvalue weighted by Gasteiger charge is 2.11. The van der Waals surface area contributed by atoms with E-state index in [0.717, 1.165) is 12.8 Å². The van der Waals surface area contributed by atoms with Crippen LogP contribution >= 0.6 is 12.4 Å². The standard InChI is InChI=1S/C6H14N2O2.C5H10N2O3.ClH/c7-4-2-1-3-5(8)6(9)10;6-3(5(9)10)1-2-4(7)8;/h5H,1-4,7-8H2,(H,9,10);3H,1-2,6H2,(H2,7,8)(H,9,10);1H/t5-;3-;/m00./s1. The van der Waals surface area contributed by atoms with Crippen molar-refractivity contribution < 1.29 is 24.6 Å². The van der Waals surface area contributed by atoms with Gasteiger partial charge in [0.1, 0.15) is 12.1 Å². The second kappa shape index (κ2) is 15.0. The van der Waals surface area contributed by atoms with E-state index in [9.17, 15) is 14.4 Å². The highest BCUT2D eigenvalue weighted by molar-refractivity contribution is 5.85. The first-order valence-corrected chi connectivity index (χ1v) is 6.17. The Kier molecular flexibility index (Phi) is 17.5. The monoisotopic (exact) mass is 328 g/mol. The van der Waals surface area contributed by atoms with E-state index in [1.54, 1.807) is 0 Å². The SMILES string of the molecule is Cl.NC(=O)CC[C@H](N)C(=O)O.NCCCC[C@H](N)C(=O)O. The van der Waals surface area contributed by atoms with Crippen LogP contribution in [-0.4, -0.2) is 46.7 Å². The van der Waals surface area contributed by atoms with Gasteiger partial charge in [-0.2, -0.15) is 0 Å². The molecule has 0 aliphatic heterocycles. The van der Waals surface area contributed by atoms with Crippen LogP contribution in [0.5, 0.6) is 0 Å². The molecule has 0 bridgehead atoms. The first-order chi connectivity index (χ1) is 9.22. The van der Waals surface area contributed by atoms with Gasteiger partial charge >= 0.3 is 11.9 Å². The van der Waals surface area contributed by atoms with Crippen molar-refractivity contribution >= 4 is 30.3 Å². The summed E-state index contributed by atoms with van der Waals surface area (Å²) in [5.74, 6) is -2.57. The normalized spacial score (nSPS) is 12.1. The van der Waals surface area contributed by atoms with E-state index < -0.39 is 29.9 Å². The Hall–Kier alpha value is -1.42. The third-order valence-electron chi connectivity index (χ3n) is 2.31. The first-order valence-electron chi connectivity index (χ1n) is 6.17. The van der Waals surface area contributed by atoms with Crippen molar-refractivity contribution in [3.63, 3.8) is 0 Å². The lowest BCUT2D eigenvalue weighted by Gasteiger charge is -2.03. The van der Waals surface area contributed by atoms with Crippen molar-refractivity contribution in [3.8, 4) is 0 Å². The molecule has 0 rings (SSSR count). The molecule has 1 amide bonds. The van der Waals surface area contributed by atoms with Crippen LogP contribution in [0.25, 0.3) is 0 Å². The molecule has 10 N–H and O–H groups in total. The molecule has 126 valence electrons. The summed E-state index contributed by atoms with van der Waals surface area (Å²) in [5, 5.41) is 16.5. The maximum Gasteiger partial charge on any atom is 0.320 e. The number of carboxylic acids is 2. The van der Waals surface area contributed by atoms with Gasteiger partial charge in [0.15, 0.2) is 0 Å². The van der Waals surface area contributed by atoms with E-state index in [1.165, 1.54) is 0 Å². The van der Waals surface area contributed by atoms with Crippen LogP contribution in [-0.2, 0) is 14.4 Å². The van der Waals surface area contributed by atoms with Crippen LogP contribution in [0.1, 0.15) is 32.1 Å². The van der Waals surface area contributed by atoms with Crippen molar-refractivity contribution in [1.82, 2.24) is 0 Å². The minimum Gasteiger partial charge on any atom is -0.480 e. The van der Waals surface area contributed by atoms with Gasteiger partial charge in [-0.25, -0.2) is 0 Å². The number of halogens is 1. The van der Waals surface area contributed by atoms with Crippen molar-refractivity contribution in [2.45, 2.75) is 44.2 Å². The maximum absolute atomic E-state index is 10.1. The predicted molar refractivity (Wildman–Crippen MR) is 79.8 cm³/mol. The summed E-state index contributed by atoms with van der Waals surface area (Å²) >= 11 is 0. The molecule has 0 aliphatic rings. The van der Waals surface area contributed by atoms with E-state index >= 15 is 0 Å². The van der Waals surface area contributed by atoms with Gasteiger partial charge in [-0.05, 0) is 25.8 Å². The van der Waals surface area contributed by atoms with Crippen LogP contribution in [0.2, 0.25) is 0 Å².